The Labute approximate surface area is 215 Å². The molecule has 1 atom stereocenters. The highest BCUT2D eigenvalue weighted by Gasteiger charge is 2.40. The van der Waals surface area contributed by atoms with Gasteiger partial charge in [-0.15, -0.1) is 0 Å². The van der Waals surface area contributed by atoms with Gasteiger partial charge >= 0.3 is 0 Å². The Morgan fingerprint density at radius 3 is 2.43 bits per heavy atom. The number of fused-ring (bicyclic) bond motifs is 1. The number of nitrogens with zero attached hydrogens (tertiary/aromatic N) is 2. The molecule has 8 nitrogen and oxygen atoms in total. The molecular formula is C24H27Cl2N3O5S. The molecule has 0 aromatic heterocycles. The lowest BCUT2D eigenvalue weighted by Crippen LogP contribution is -2.49. The first-order chi connectivity index (χ1) is 16.6. The molecule has 0 spiro atoms. The summed E-state index contributed by atoms with van der Waals surface area (Å²) in [5.41, 5.74) is 0.825. The van der Waals surface area contributed by atoms with Crippen LogP contribution in [0.25, 0.3) is 0 Å². The monoisotopic (exact) mass is 539 g/mol. The molecule has 1 N–H and O–H groups in total. The Balaban J connectivity index is 1.75. The fraction of sp³-hybridized carbons (Fsp3) is 0.375. The Morgan fingerprint density at radius 1 is 1.09 bits per heavy atom. The zero-order valence-electron chi connectivity index (χ0n) is 19.5. The SMILES string of the molecule is CCNC(=O)[C@H](CC)N(Cc1ccc(Cl)c(Cl)c1)C(=O)CCCN1C(=O)c2ccccc2S1(=O)=O. The maximum Gasteiger partial charge on any atom is 0.269 e. The topological polar surface area (TPSA) is 104 Å². The third-order valence-corrected chi connectivity index (χ3v) is 8.32. The van der Waals surface area contributed by atoms with E-state index in [9.17, 15) is 22.8 Å². The van der Waals surface area contributed by atoms with Crippen LogP contribution in [-0.2, 0) is 26.2 Å². The molecule has 1 aliphatic rings. The fourth-order valence-corrected chi connectivity index (χ4v) is 5.94. The number of benzene rings is 2. The van der Waals surface area contributed by atoms with E-state index in [0.717, 1.165) is 4.31 Å². The van der Waals surface area contributed by atoms with E-state index in [1.54, 1.807) is 37.3 Å². The minimum atomic E-state index is -3.95. The number of hydrogen-bond acceptors (Lipinski definition) is 5. The Hall–Kier alpha value is -2.62. The normalized spacial score (nSPS) is 15.0. The van der Waals surface area contributed by atoms with Crippen LogP contribution >= 0.6 is 23.2 Å². The molecular weight excluding hydrogens is 513 g/mol. The zero-order valence-corrected chi connectivity index (χ0v) is 21.8. The summed E-state index contributed by atoms with van der Waals surface area (Å²) >= 11 is 12.1. The number of likely N-dealkylation sites (N-methyl/N-ethyl adjacent to an activating group) is 1. The van der Waals surface area contributed by atoms with Crippen LogP contribution in [0.5, 0.6) is 0 Å². The van der Waals surface area contributed by atoms with Crippen molar-refractivity contribution in [3.05, 3.63) is 63.6 Å². The van der Waals surface area contributed by atoms with Crippen molar-refractivity contribution in [1.29, 1.82) is 0 Å². The van der Waals surface area contributed by atoms with Crippen LogP contribution in [0, 0.1) is 0 Å². The number of sulfonamides is 1. The molecule has 0 unspecified atom stereocenters. The van der Waals surface area contributed by atoms with Gasteiger partial charge in [-0.1, -0.05) is 48.3 Å². The highest BCUT2D eigenvalue weighted by atomic mass is 35.5. The zero-order chi connectivity index (χ0) is 25.8. The van der Waals surface area contributed by atoms with Gasteiger partial charge in [0.25, 0.3) is 15.9 Å². The molecule has 0 saturated heterocycles. The third-order valence-electron chi connectivity index (χ3n) is 5.74. The van der Waals surface area contributed by atoms with Crippen molar-refractivity contribution in [2.24, 2.45) is 0 Å². The van der Waals surface area contributed by atoms with Gasteiger partial charge in [0.1, 0.15) is 10.9 Å². The second kappa shape index (κ2) is 11.4. The van der Waals surface area contributed by atoms with Gasteiger partial charge in [0, 0.05) is 26.1 Å². The lowest BCUT2D eigenvalue weighted by atomic mass is 10.1. The molecule has 0 fully saturated rings. The summed E-state index contributed by atoms with van der Waals surface area (Å²) in [5, 5.41) is 3.46. The molecule has 35 heavy (non-hydrogen) atoms. The average molecular weight is 540 g/mol. The van der Waals surface area contributed by atoms with Crippen LogP contribution in [0.15, 0.2) is 47.4 Å². The highest BCUT2D eigenvalue weighted by molar-refractivity contribution is 7.90. The van der Waals surface area contributed by atoms with E-state index < -0.39 is 22.0 Å². The summed E-state index contributed by atoms with van der Waals surface area (Å²) in [6, 6.07) is 10.3. The molecule has 0 radical (unpaired) electrons. The fourth-order valence-electron chi connectivity index (χ4n) is 4.02. The number of halogens is 2. The lowest BCUT2D eigenvalue weighted by Gasteiger charge is -2.31. The molecule has 0 bridgehead atoms. The molecule has 11 heteroatoms. The van der Waals surface area contributed by atoms with Gasteiger partial charge in [0.05, 0.1) is 15.6 Å². The highest BCUT2D eigenvalue weighted by Crippen LogP contribution is 2.30. The number of carbonyl (C=O) groups excluding carboxylic acids is 3. The van der Waals surface area contributed by atoms with Crippen LogP contribution in [0.3, 0.4) is 0 Å². The van der Waals surface area contributed by atoms with Crippen molar-refractivity contribution in [2.75, 3.05) is 13.1 Å². The van der Waals surface area contributed by atoms with Gasteiger partial charge in [0.2, 0.25) is 11.8 Å². The van der Waals surface area contributed by atoms with Gasteiger partial charge in [0.15, 0.2) is 0 Å². The first-order valence-electron chi connectivity index (χ1n) is 11.3. The van der Waals surface area contributed by atoms with Crippen molar-refractivity contribution < 1.29 is 22.8 Å². The summed E-state index contributed by atoms with van der Waals surface area (Å²) in [6.45, 7) is 4.00. The summed E-state index contributed by atoms with van der Waals surface area (Å²) in [6.07, 6.45) is 0.446. The molecule has 0 aliphatic carbocycles. The predicted octanol–water partition coefficient (Wildman–Crippen LogP) is 3.86. The molecule has 3 rings (SSSR count). The molecule has 1 heterocycles. The van der Waals surface area contributed by atoms with Crippen molar-refractivity contribution in [2.45, 2.75) is 50.6 Å². The summed E-state index contributed by atoms with van der Waals surface area (Å²) < 4.78 is 26.3. The van der Waals surface area contributed by atoms with E-state index in [0.29, 0.717) is 28.6 Å². The van der Waals surface area contributed by atoms with Gasteiger partial charge in [-0.3, -0.25) is 14.4 Å². The lowest BCUT2D eigenvalue weighted by molar-refractivity contribution is -0.141. The molecule has 2 aromatic rings. The van der Waals surface area contributed by atoms with Gasteiger partial charge in [-0.25, -0.2) is 12.7 Å². The van der Waals surface area contributed by atoms with E-state index in [4.69, 9.17) is 23.2 Å². The standard InChI is InChI=1S/C24H27Cl2N3O5S/c1-3-20(23(31)27-4-2)28(15-16-11-12-18(25)19(26)14-16)22(30)10-7-13-29-24(32)17-8-5-6-9-21(17)35(29,33)34/h5-6,8-9,11-12,14,20H,3-4,7,10,13,15H2,1-2H3,(H,27,31)/t20-/m0/s1. The minimum Gasteiger partial charge on any atom is -0.355 e. The molecule has 2 aromatic carbocycles. The van der Waals surface area contributed by atoms with Crippen molar-refractivity contribution in [1.82, 2.24) is 14.5 Å². The van der Waals surface area contributed by atoms with Gasteiger partial charge in [-0.2, -0.15) is 0 Å². The smallest absolute Gasteiger partial charge is 0.269 e. The molecule has 3 amide bonds. The quantitative estimate of drug-likeness (QED) is 0.493. The Kier molecular flexibility index (Phi) is 8.79. The summed E-state index contributed by atoms with van der Waals surface area (Å²) in [7, 11) is -3.95. The van der Waals surface area contributed by atoms with Gasteiger partial charge in [-0.05, 0) is 49.6 Å². The second-order valence-corrected chi connectivity index (χ2v) is 10.7. The molecule has 0 saturated carbocycles. The number of carbonyl (C=O) groups is 3. The second-order valence-electron chi connectivity index (χ2n) is 8.07. The van der Waals surface area contributed by atoms with E-state index in [2.05, 4.69) is 5.32 Å². The van der Waals surface area contributed by atoms with Crippen LogP contribution in [0.4, 0.5) is 0 Å². The Bertz CT molecular complexity index is 1240. The summed E-state index contributed by atoms with van der Waals surface area (Å²) in [5.74, 6) is -1.22. The van der Waals surface area contributed by atoms with Crippen molar-refractivity contribution in [3.63, 3.8) is 0 Å². The average Bonchev–Trinajstić information content (AvgIpc) is 3.02. The number of rotatable bonds is 10. The van der Waals surface area contributed by atoms with E-state index in [1.165, 1.54) is 17.0 Å². The largest absolute Gasteiger partial charge is 0.355 e. The number of amides is 3. The number of nitrogens with one attached hydrogen (secondary N) is 1. The minimum absolute atomic E-state index is 0.0279. The van der Waals surface area contributed by atoms with Crippen LogP contribution in [0.1, 0.15) is 49.0 Å². The molecule has 188 valence electrons. The van der Waals surface area contributed by atoms with Gasteiger partial charge < -0.3 is 10.2 Å². The van der Waals surface area contributed by atoms with E-state index in [-0.39, 0.29) is 48.2 Å². The molecule has 1 aliphatic heterocycles. The van der Waals surface area contributed by atoms with E-state index in [1.807, 2.05) is 6.92 Å². The summed E-state index contributed by atoms with van der Waals surface area (Å²) in [4.78, 5) is 40.0. The van der Waals surface area contributed by atoms with Crippen LogP contribution in [-0.4, -0.2) is 54.5 Å². The first-order valence-corrected chi connectivity index (χ1v) is 13.5. The van der Waals surface area contributed by atoms with Crippen LogP contribution < -0.4 is 5.32 Å². The van der Waals surface area contributed by atoms with E-state index >= 15 is 0 Å². The maximum atomic E-state index is 13.3. The van der Waals surface area contributed by atoms with Crippen LogP contribution in [0.2, 0.25) is 10.0 Å². The Morgan fingerprint density at radius 2 is 1.80 bits per heavy atom. The third kappa shape index (κ3) is 5.79. The van der Waals surface area contributed by atoms with Crippen molar-refractivity contribution >= 4 is 50.9 Å². The predicted molar refractivity (Wildman–Crippen MR) is 134 cm³/mol. The van der Waals surface area contributed by atoms with Crippen molar-refractivity contribution in [3.8, 4) is 0 Å². The number of hydrogen-bond donors (Lipinski definition) is 1. The first kappa shape index (κ1) is 27.0. The maximum absolute atomic E-state index is 13.3.